The van der Waals surface area contributed by atoms with E-state index in [1.54, 1.807) is 11.0 Å². The molecule has 0 radical (unpaired) electrons. The van der Waals surface area contributed by atoms with Crippen molar-refractivity contribution in [1.29, 1.82) is 0 Å². The smallest absolute Gasteiger partial charge is 0.139 e. The van der Waals surface area contributed by atoms with Crippen molar-refractivity contribution in [2.45, 2.75) is 27.7 Å². The summed E-state index contributed by atoms with van der Waals surface area (Å²) in [6, 6.07) is 4.00. The van der Waals surface area contributed by atoms with Crippen LogP contribution >= 0.6 is 0 Å². The van der Waals surface area contributed by atoms with Crippen molar-refractivity contribution >= 4 is 5.65 Å². The van der Waals surface area contributed by atoms with Crippen LogP contribution in [0.4, 0.5) is 0 Å². The summed E-state index contributed by atoms with van der Waals surface area (Å²) in [6.07, 6.45) is 5.40. The maximum Gasteiger partial charge on any atom is 0.139 e. The minimum atomic E-state index is 0.868. The SMILES string of the molecule is CC.Cc1ncnn1-c1ccn2c(C)cnc2c1. The van der Waals surface area contributed by atoms with Crippen LogP contribution in [0, 0.1) is 13.8 Å². The number of hydrogen-bond acceptors (Lipinski definition) is 3. The van der Waals surface area contributed by atoms with Gasteiger partial charge in [0.05, 0.1) is 5.69 Å². The van der Waals surface area contributed by atoms with Gasteiger partial charge in [0.15, 0.2) is 0 Å². The molecule has 0 aliphatic heterocycles. The van der Waals surface area contributed by atoms with E-state index in [1.165, 1.54) is 0 Å². The van der Waals surface area contributed by atoms with E-state index in [4.69, 9.17) is 0 Å². The highest BCUT2D eigenvalue weighted by Gasteiger charge is 2.04. The van der Waals surface area contributed by atoms with Gasteiger partial charge in [0, 0.05) is 24.2 Å². The summed E-state index contributed by atoms with van der Waals surface area (Å²) in [5, 5.41) is 4.17. The van der Waals surface area contributed by atoms with Crippen molar-refractivity contribution in [3.63, 3.8) is 0 Å². The molecule has 0 saturated carbocycles. The molecule has 0 atom stereocenters. The first-order valence-electron chi connectivity index (χ1n) is 6.06. The third kappa shape index (κ3) is 1.99. The zero-order valence-electron chi connectivity index (χ0n) is 11.1. The molecule has 5 nitrogen and oxygen atoms in total. The van der Waals surface area contributed by atoms with Crippen LogP contribution in [0.1, 0.15) is 25.4 Å². The molecule has 0 unspecified atom stereocenters. The number of nitrogens with zero attached hydrogens (tertiary/aromatic N) is 5. The quantitative estimate of drug-likeness (QED) is 0.660. The lowest BCUT2D eigenvalue weighted by Gasteiger charge is -2.03. The van der Waals surface area contributed by atoms with Gasteiger partial charge in [-0.15, -0.1) is 0 Å². The monoisotopic (exact) mass is 243 g/mol. The fourth-order valence-corrected chi connectivity index (χ4v) is 1.78. The van der Waals surface area contributed by atoms with Crippen LogP contribution in [-0.4, -0.2) is 24.1 Å². The van der Waals surface area contributed by atoms with Gasteiger partial charge in [-0.05, 0) is 19.9 Å². The molecule has 5 heteroatoms. The van der Waals surface area contributed by atoms with Gasteiger partial charge in [-0.25, -0.2) is 14.6 Å². The lowest BCUT2D eigenvalue weighted by molar-refractivity contribution is 0.837. The van der Waals surface area contributed by atoms with Crippen LogP contribution in [0.3, 0.4) is 0 Å². The van der Waals surface area contributed by atoms with E-state index in [-0.39, 0.29) is 0 Å². The fraction of sp³-hybridized carbons (Fsp3) is 0.308. The van der Waals surface area contributed by atoms with Crippen molar-refractivity contribution in [2.24, 2.45) is 0 Å². The molecule has 94 valence electrons. The van der Waals surface area contributed by atoms with Crippen molar-refractivity contribution < 1.29 is 0 Å². The summed E-state index contributed by atoms with van der Waals surface area (Å²) in [5.41, 5.74) is 3.02. The molecule has 0 bridgehead atoms. The number of rotatable bonds is 1. The number of imidazole rings is 1. The van der Waals surface area contributed by atoms with Gasteiger partial charge in [-0.2, -0.15) is 5.10 Å². The Hall–Kier alpha value is -2.17. The standard InChI is InChI=1S/C11H11N5.C2H6/c1-8-6-12-11-5-10(3-4-15(8)11)16-9(2)13-7-14-16;1-2/h3-7H,1-2H3;1-2H3. The third-order valence-electron chi connectivity index (χ3n) is 2.64. The lowest BCUT2D eigenvalue weighted by atomic mass is 10.4. The molecule has 3 heterocycles. The van der Waals surface area contributed by atoms with E-state index in [9.17, 15) is 0 Å². The summed E-state index contributed by atoms with van der Waals surface area (Å²) in [4.78, 5) is 8.42. The Morgan fingerprint density at radius 1 is 1.11 bits per heavy atom. The average Bonchev–Trinajstić information content (AvgIpc) is 2.98. The summed E-state index contributed by atoms with van der Waals surface area (Å²) in [5.74, 6) is 0.868. The second-order valence-corrected chi connectivity index (χ2v) is 3.73. The highest BCUT2D eigenvalue weighted by molar-refractivity contribution is 5.48. The normalized spacial score (nSPS) is 10.2. The Kier molecular flexibility index (Phi) is 3.41. The Balaban J connectivity index is 0.000000574. The van der Waals surface area contributed by atoms with Crippen molar-refractivity contribution in [2.75, 3.05) is 0 Å². The molecule has 18 heavy (non-hydrogen) atoms. The minimum absolute atomic E-state index is 0.868. The first-order valence-corrected chi connectivity index (χ1v) is 6.06. The van der Waals surface area contributed by atoms with Crippen LogP contribution in [0.5, 0.6) is 0 Å². The van der Waals surface area contributed by atoms with Gasteiger partial charge in [-0.3, -0.25) is 0 Å². The van der Waals surface area contributed by atoms with Gasteiger partial charge >= 0.3 is 0 Å². The van der Waals surface area contributed by atoms with Crippen LogP contribution in [-0.2, 0) is 0 Å². The highest BCUT2D eigenvalue weighted by Crippen LogP contribution is 2.12. The third-order valence-corrected chi connectivity index (χ3v) is 2.64. The second kappa shape index (κ2) is 5.00. The average molecular weight is 243 g/mol. The molecular formula is C13H17N5. The molecule has 3 rings (SSSR count). The topological polar surface area (TPSA) is 48.0 Å². The Bertz CT molecular complexity index is 650. The van der Waals surface area contributed by atoms with Gasteiger partial charge in [0.25, 0.3) is 0 Å². The molecule has 0 amide bonds. The maximum absolute atomic E-state index is 4.32. The van der Waals surface area contributed by atoms with E-state index in [0.717, 1.165) is 22.9 Å². The predicted octanol–water partition coefficient (Wildman–Crippen LogP) is 2.56. The van der Waals surface area contributed by atoms with E-state index < -0.39 is 0 Å². The summed E-state index contributed by atoms with van der Waals surface area (Å²) in [7, 11) is 0. The molecule has 0 fully saturated rings. The van der Waals surface area contributed by atoms with Crippen molar-refractivity contribution in [1.82, 2.24) is 24.1 Å². The molecule has 0 aromatic carbocycles. The first-order chi connectivity index (χ1) is 8.75. The summed E-state index contributed by atoms with van der Waals surface area (Å²) >= 11 is 0. The Labute approximate surface area is 106 Å². The van der Waals surface area contributed by atoms with Gasteiger partial charge in [0.1, 0.15) is 17.8 Å². The number of aryl methyl sites for hydroxylation is 2. The molecule has 0 spiro atoms. The minimum Gasteiger partial charge on any atom is -0.304 e. The number of aromatic nitrogens is 5. The Morgan fingerprint density at radius 2 is 1.89 bits per heavy atom. The molecule has 0 saturated heterocycles. The number of hydrogen-bond donors (Lipinski definition) is 0. The first kappa shape index (κ1) is 12.3. The Morgan fingerprint density at radius 3 is 2.56 bits per heavy atom. The second-order valence-electron chi connectivity index (χ2n) is 3.73. The molecular weight excluding hydrogens is 226 g/mol. The molecule has 0 N–H and O–H groups in total. The number of pyridine rings is 1. The van der Waals surface area contributed by atoms with Gasteiger partial charge < -0.3 is 4.40 Å². The molecule has 0 aliphatic rings. The van der Waals surface area contributed by atoms with Gasteiger partial charge in [0.2, 0.25) is 0 Å². The molecule has 3 aromatic heterocycles. The van der Waals surface area contributed by atoms with E-state index in [1.807, 2.05) is 56.6 Å². The van der Waals surface area contributed by atoms with E-state index >= 15 is 0 Å². The zero-order valence-corrected chi connectivity index (χ0v) is 11.1. The summed E-state index contributed by atoms with van der Waals surface area (Å²) in [6.45, 7) is 7.95. The van der Waals surface area contributed by atoms with Crippen LogP contribution < -0.4 is 0 Å². The largest absolute Gasteiger partial charge is 0.304 e. The van der Waals surface area contributed by atoms with Gasteiger partial charge in [-0.1, -0.05) is 13.8 Å². The molecule has 3 aromatic rings. The van der Waals surface area contributed by atoms with E-state index in [2.05, 4.69) is 15.1 Å². The maximum atomic E-state index is 4.32. The number of fused-ring (bicyclic) bond motifs is 1. The lowest BCUT2D eigenvalue weighted by Crippen LogP contribution is -2.00. The van der Waals surface area contributed by atoms with Crippen molar-refractivity contribution in [3.8, 4) is 5.69 Å². The fourth-order valence-electron chi connectivity index (χ4n) is 1.78. The highest BCUT2D eigenvalue weighted by atomic mass is 15.3. The predicted molar refractivity (Wildman–Crippen MR) is 70.9 cm³/mol. The zero-order chi connectivity index (χ0) is 13.1. The van der Waals surface area contributed by atoms with E-state index in [0.29, 0.717) is 0 Å². The van der Waals surface area contributed by atoms with Crippen molar-refractivity contribution in [3.05, 3.63) is 42.4 Å². The van der Waals surface area contributed by atoms with Crippen LogP contribution in [0.15, 0.2) is 30.9 Å². The van der Waals surface area contributed by atoms with Crippen LogP contribution in [0.2, 0.25) is 0 Å². The molecule has 0 aliphatic carbocycles. The summed E-state index contributed by atoms with van der Waals surface area (Å²) < 4.78 is 3.83. The van der Waals surface area contributed by atoms with Crippen LogP contribution in [0.25, 0.3) is 11.3 Å².